The molecule has 0 spiro atoms. The summed E-state index contributed by atoms with van der Waals surface area (Å²) in [5, 5.41) is 0.880. The van der Waals surface area contributed by atoms with Crippen LogP contribution >= 0.6 is 23.2 Å². The standard InChI is InChI=1S/C10H12Cl2N2/c11-8-4-7(5-14-9(8)12)10(6-13)2-1-3-10/h4-5H,1-3,6,13H2. The second-order valence-corrected chi connectivity index (χ2v) is 4.60. The van der Waals surface area contributed by atoms with Gasteiger partial charge < -0.3 is 5.73 Å². The van der Waals surface area contributed by atoms with Crippen LogP contribution in [0.4, 0.5) is 0 Å². The van der Waals surface area contributed by atoms with E-state index in [-0.39, 0.29) is 5.41 Å². The molecule has 2 nitrogen and oxygen atoms in total. The van der Waals surface area contributed by atoms with Gasteiger partial charge in [-0.2, -0.15) is 0 Å². The molecule has 4 heteroatoms. The van der Waals surface area contributed by atoms with Crippen LogP contribution < -0.4 is 5.73 Å². The maximum Gasteiger partial charge on any atom is 0.147 e. The SMILES string of the molecule is NCC1(c2cnc(Cl)c(Cl)c2)CCC1. The van der Waals surface area contributed by atoms with Crippen LogP contribution in [0.2, 0.25) is 10.2 Å². The van der Waals surface area contributed by atoms with Gasteiger partial charge in [0.1, 0.15) is 5.15 Å². The van der Waals surface area contributed by atoms with Crippen LogP contribution in [0.25, 0.3) is 0 Å². The molecule has 0 aromatic carbocycles. The highest BCUT2D eigenvalue weighted by molar-refractivity contribution is 6.41. The molecule has 0 radical (unpaired) electrons. The zero-order valence-electron chi connectivity index (χ0n) is 7.76. The summed E-state index contributed by atoms with van der Waals surface area (Å²) >= 11 is 11.7. The Balaban J connectivity index is 2.36. The zero-order valence-corrected chi connectivity index (χ0v) is 9.28. The van der Waals surface area contributed by atoms with E-state index in [1.807, 2.05) is 6.07 Å². The van der Waals surface area contributed by atoms with E-state index in [9.17, 15) is 0 Å². The fourth-order valence-corrected chi connectivity index (χ4v) is 2.20. The van der Waals surface area contributed by atoms with Crippen LogP contribution in [-0.4, -0.2) is 11.5 Å². The van der Waals surface area contributed by atoms with Crippen LogP contribution in [-0.2, 0) is 5.41 Å². The van der Waals surface area contributed by atoms with E-state index in [4.69, 9.17) is 28.9 Å². The highest BCUT2D eigenvalue weighted by atomic mass is 35.5. The fourth-order valence-electron chi connectivity index (χ4n) is 1.93. The molecule has 14 heavy (non-hydrogen) atoms. The molecule has 1 aliphatic rings. The average Bonchev–Trinajstić information content (AvgIpc) is 2.10. The third kappa shape index (κ3) is 1.52. The number of rotatable bonds is 2. The van der Waals surface area contributed by atoms with Crippen molar-refractivity contribution in [1.29, 1.82) is 0 Å². The first-order valence-electron chi connectivity index (χ1n) is 4.69. The van der Waals surface area contributed by atoms with Crippen molar-refractivity contribution in [2.75, 3.05) is 6.54 Å². The summed E-state index contributed by atoms with van der Waals surface area (Å²) in [6.45, 7) is 0.659. The number of pyridine rings is 1. The number of halogens is 2. The number of aromatic nitrogens is 1. The first-order valence-corrected chi connectivity index (χ1v) is 5.45. The van der Waals surface area contributed by atoms with Crippen LogP contribution in [0.1, 0.15) is 24.8 Å². The normalized spacial score (nSPS) is 19.1. The molecule has 0 aliphatic heterocycles. The van der Waals surface area contributed by atoms with Gasteiger partial charge in [-0.3, -0.25) is 0 Å². The van der Waals surface area contributed by atoms with Gasteiger partial charge in [0.05, 0.1) is 5.02 Å². The summed E-state index contributed by atoms with van der Waals surface area (Å²) in [7, 11) is 0. The summed E-state index contributed by atoms with van der Waals surface area (Å²) in [6, 6.07) is 1.89. The number of hydrogen-bond acceptors (Lipinski definition) is 2. The zero-order chi connectivity index (χ0) is 10.2. The van der Waals surface area contributed by atoms with Gasteiger partial charge in [-0.15, -0.1) is 0 Å². The molecule has 1 aliphatic carbocycles. The highest BCUT2D eigenvalue weighted by Gasteiger charge is 2.37. The average molecular weight is 231 g/mol. The van der Waals surface area contributed by atoms with Crippen molar-refractivity contribution in [2.45, 2.75) is 24.7 Å². The molecule has 1 saturated carbocycles. The molecular weight excluding hydrogens is 219 g/mol. The summed E-state index contributed by atoms with van der Waals surface area (Å²) in [5.74, 6) is 0. The molecule has 0 atom stereocenters. The molecule has 1 fully saturated rings. The summed E-state index contributed by atoms with van der Waals surface area (Å²) in [5.41, 5.74) is 7.02. The minimum absolute atomic E-state index is 0.112. The predicted octanol–water partition coefficient (Wildman–Crippen LogP) is 2.77. The molecular formula is C10H12Cl2N2. The van der Waals surface area contributed by atoms with Gasteiger partial charge in [0.2, 0.25) is 0 Å². The van der Waals surface area contributed by atoms with Gasteiger partial charge in [-0.1, -0.05) is 29.6 Å². The second-order valence-electron chi connectivity index (χ2n) is 3.83. The molecule has 2 rings (SSSR count). The van der Waals surface area contributed by atoms with E-state index in [0.717, 1.165) is 18.4 Å². The van der Waals surface area contributed by atoms with E-state index >= 15 is 0 Å². The maximum absolute atomic E-state index is 5.92. The van der Waals surface area contributed by atoms with Crippen molar-refractivity contribution >= 4 is 23.2 Å². The predicted molar refractivity (Wildman–Crippen MR) is 58.8 cm³/mol. The lowest BCUT2D eigenvalue weighted by Crippen LogP contribution is -2.41. The molecule has 1 aromatic rings. The smallest absolute Gasteiger partial charge is 0.147 e. The van der Waals surface area contributed by atoms with Gasteiger partial charge >= 0.3 is 0 Å². The largest absolute Gasteiger partial charge is 0.330 e. The van der Waals surface area contributed by atoms with E-state index in [0.29, 0.717) is 16.7 Å². The minimum atomic E-state index is 0.112. The summed E-state index contributed by atoms with van der Waals surface area (Å²) in [4.78, 5) is 4.05. The van der Waals surface area contributed by atoms with Crippen molar-refractivity contribution in [1.82, 2.24) is 4.98 Å². The van der Waals surface area contributed by atoms with Crippen LogP contribution in [0, 0.1) is 0 Å². The summed E-state index contributed by atoms with van der Waals surface area (Å²) in [6.07, 6.45) is 5.28. The van der Waals surface area contributed by atoms with Crippen LogP contribution in [0.5, 0.6) is 0 Å². The number of nitrogens with two attached hydrogens (primary N) is 1. The van der Waals surface area contributed by atoms with E-state index < -0.39 is 0 Å². The monoisotopic (exact) mass is 230 g/mol. The van der Waals surface area contributed by atoms with Gasteiger partial charge in [0.15, 0.2) is 0 Å². The van der Waals surface area contributed by atoms with Crippen molar-refractivity contribution in [2.24, 2.45) is 5.73 Å². The second kappa shape index (κ2) is 3.69. The Morgan fingerprint density at radius 1 is 1.43 bits per heavy atom. The van der Waals surface area contributed by atoms with E-state index in [2.05, 4.69) is 4.98 Å². The van der Waals surface area contributed by atoms with Gasteiger partial charge in [-0.25, -0.2) is 4.98 Å². The molecule has 0 saturated heterocycles. The molecule has 0 amide bonds. The van der Waals surface area contributed by atoms with Crippen LogP contribution in [0.15, 0.2) is 12.3 Å². The number of hydrogen-bond donors (Lipinski definition) is 1. The lowest BCUT2D eigenvalue weighted by atomic mass is 9.65. The molecule has 0 unspecified atom stereocenters. The highest BCUT2D eigenvalue weighted by Crippen LogP contribution is 2.43. The van der Waals surface area contributed by atoms with Gasteiger partial charge in [0, 0.05) is 18.2 Å². The molecule has 1 heterocycles. The Labute approximate surface area is 93.4 Å². The summed E-state index contributed by atoms with van der Waals surface area (Å²) < 4.78 is 0. The molecule has 1 aromatic heterocycles. The van der Waals surface area contributed by atoms with Gasteiger partial charge in [0.25, 0.3) is 0 Å². The third-order valence-electron chi connectivity index (χ3n) is 3.11. The Morgan fingerprint density at radius 2 is 2.14 bits per heavy atom. The van der Waals surface area contributed by atoms with Gasteiger partial charge in [-0.05, 0) is 24.5 Å². The topological polar surface area (TPSA) is 38.9 Å². The number of nitrogens with zero attached hydrogens (tertiary/aromatic N) is 1. The van der Waals surface area contributed by atoms with Crippen molar-refractivity contribution in [3.63, 3.8) is 0 Å². The van der Waals surface area contributed by atoms with Crippen LogP contribution in [0.3, 0.4) is 0 Å². The lowest BCUT2D eigenvalue weighted by Gasteiger charge is -2.41. The molecule has 2 N–H and O–H groups in total. The lowest BCUT2D eigenvalue weighted by molar-refractivity contribution is 0.252. The fraction of sp³-hybridized carbons (Fsp3) is 0.500. The van der Waals surface area contributed by atoms with Crippen molar-refractivity contribution < 1.29 is 0 Å². The van der Waals surface area contributed by atoms with Crippen molar-refractivity contribution in [3.8, 4) is 0 Å². The maximum atomic E-state index is 5.92. The first kappa shape index (κ1) is 10.2. The Morgan fingerprint density at radius 3 is 2.57 bits per heavy atom. The Bertz CT molecular complexity index is 342. The van der Waals surface area contributed by atoms with E-state index in [1.54, 1.807) is 6.20 Å². The van der Waals surface area contributed by atoms with Crippen molar-refractivity contribution in [3.05, 3.63) is 28.0 Å². The molecule has 0 bridgehead atoms. The van der Waals surface area contributed by atoms with E-state index in [1.165, 1.54) is 6.42 Å². The Kier molecular flexibility index (Phi) is 2.69. The minimum Gasteiger partial charge on any atom is -0.330 e. The Hall–Kier alpha value is -0.310. The quantitative estimate of drug-likeness (QED) is 0.795. The first-order chi connectivity index (χ1) is 6.68. The molecule has 76 valence electrons. The third-order valence-corrected chi connectivity index (χ3v) is 3.80.